The van der Waals surface area contributed by atoms with Crippen LogP contribution >= 0.6 is 0 Å². The summed E-state index contributed by atoms with van der Waals surface area (Å²) in [7, 11) is 0. The van der Waals surface area contributed by atoms with Gasteiger partial charge in [0.05, 0.1) is 12.5 Å². The van der Waals surface area contributed by atoms with Crippen LogP contribution in [-0.4, -0.2) is 18.5 Å². The van der Waals surface area contributed by atoms with Crippen LogP contribution in [0.1, 0.15) is 64.7 Å². The first-order valence-corrected chi connectivity index (χ1v) is 8.19. The fourth-order valence-electron chi connectivity index (χ4n) is 2.78. The van der Waals surface area contributed by atoms with Crippen LogP contribution in [0.4, 0.5) is 0 Å². The molecule has 4 nitrogen and oxygen atoms in total. The molecule has 1 saturated carbocycles. The second-order valence-electron chi connectivity index (χ2n) is 5.74. The van der Waals surface area contributed by atoms with Crippen molar-refractivity contribution in [2.45, 2.75) is 64.7 Å². The molecule has 0 N–H and O–H groups in total. The molecule has 0 bridgehead atoms. The first-order valence-electron chi connectivity index (χ1n) is 8.19. The minimum atomic E-state index is -1.12. The Morgan fingerprint density at radius 2 is 1.73 bits per heavy atom. The van der Waals surface area contributed by atoms with E-state index in [1.807, 2.05) is 6.08 Å². The Morgan fingerprint density at radius 3 is 2.36 bits per heavy atom. The van der Waals surface area contributed by atoms with E-state index in [1.165, 1.54) is 19.3 Å². The number of carbonyl (C=O) groups is 2. The number of hydrogen-bond acceptors (Lipinski definition) is 4. The van der Waals surface area contributed by atoms with Crippen molar-refractivity contribution >= 4 is 11.9 Å². The van der Waals surface area contributed by atoms with Crippen LogP contribution in [0.25, 0.3) is 0 Å². The van der Waals surface area contributed by atoms with E-state index in [9.17, 15) is 14.7 Å². The van der Waals surface area contributed by atoms with Gasteiger partial charge in [-0.3, -0.25) is 4.79 Å². The molecule has 0 heterocycles. The topological polar surface area (TPSA) is 66.4 Å². The molecule has 5 heteroatoms. The molecule has 2 atom stereocenters. The van der Waals surface area contributed by atoms with Crippen LogP contribution in [0.5, 0.6) is 0 Å². The van der Waals surface area contributed by atoms with Gasteiger partial charge in [0.1, 0.15) is 0 Å². The van der Waals surface area contributed by atoms with Crippen LogP contribution in [0.15, 0.2) is 12.2 Å². The maximum Gasteiger partial charge on any atom is 1.00 e. The number of aliphatic carboxylic acids is 1. The smallest absolute Gasteiger partial charge is 0.550 e. The van der Waals surface area contributed by atoms with Crippen molar-refractivity contribution in [3.63, 3.8) is 0 Å². The second kappa shape index (κ2) is 13.1. The Bertz CT molecular complexity index is 355. The van der Waals surface area contributed by atoms with E-state index >= 15 is 0 Å². The quantitative estimate of drug-likeness (QED) is 0.251. The van der Waals surface area contributed by atoms with Gasteiger partial charge in [0.2, 0.25) is 0 Å². The van der Waals surface area contributed by atoms with Crippen molar-refractivity contribution in [2.75, 3.05) is 6.61 Å². The summed E-state index contributed by atoms with van der Waals surface area (Å²) in [4.78, 5) is 23.0. The molecule has 0 spiro atoms. The number of allylic oxidation sites excluding steroid dienone is 1. The third kappa shape index (κ3) is 8.35. The zero-order chi connectivity index (χ0) is 15.5. The van der Waals surface area contributed by atoms with Gasteiger partial charge in [-0.25, -0.2) is 0 Å². The average Bonchev–Trinajstić information content (AvgIpc) is 2.49. The molecule has 120 valence electrons. The summed E-state index contributed by atoms with van der Waals surface area (Å²) in [5.41, 5.74) is 0. The first-order chi connectivity index (χ1) is 10.2. The van der Waals surface area contributed by atoms with E-state index in [1.54, 1.807) is 0 Å². The Morgan fingerprint density at radius 1 is 1.09 bits per heavy atom. The third-order valence-corrected chi connectivity index (χ3v) is 4.04. The second-order valence-corrected chi connectivity index (χ2v) is 5.74. The normalized spacial score (nSPS) is 21.3. The molecule has 1 rings (SSSR count). The summed E-state index contributed by atoms with van der Waals surface area (Å²) in [6.07, 6.45) is 12.4. The Kier molecular flexibility index (Phi) is 13.0. The molecule has 0 saturated heterocycles. The summed E-state index contributed by atoms with van der Waals surface area (Å²) in [6, 6.07) is 0. The number of hydrogen-bond donors (Lipinski definition) is 0. The Hall–Kier alpha value is -0.320. The maximum absolute atomic E-state index is 11.9. The standard InChI is InChI=1S/C17H28O4.Na/c1-2-3-4-5-6-7-10-13-21-17(20)15-12-9-8-11-14(15)16(18)19;/h6-7,14-15H,2-5,8-13H2,1H3,(H,18,19);/q;+1/p-1/b7-6+;. The van der Waals surface area contributed by atoms with Gasteiger partial charge >= 0.3 is 35.5 Å². The number of carboxylic acid groups (broad SMARTS) is 1. The number of unbranched alkanes of at least 4 members (excludes halogenated alkanes) is 3. The molecule has 0 aromatic carbocycles. The van der Waals surface area contributed by atoms with E-state index in [0.717, 1.165) is 19.3 Å². The van der Waals surface area contributed by atoms with Crippen molar-refractivity contribution in [2.24, 2.45) is 11.8 Å². The minimum absolute atomic E-state index is 0. The van der Waals surface area contributed by atoms with Crippen molar-refractivity contribution in [3.05, 3.63) is 12.2 Å². The molecule has 1 fully saturated rings. The van der Waals surface area contributed by atoms with Crippen LogP contribution in [0, 0.1) is 11.8 Å². The molecule has 22 heavy (non-hydrogen) atoms. The van der Waals surface area contributed by atoms with Gasteiger partial charge in [-0.1, -0.05) is 44.8 Å². The van der Waals surface area contributed by atoms with Crippen molar-refractivity contribution in [3.8, 4) is 0 Å². The van der Waals surface area contributed by atoms with Crippen molar-refractivity contribution < 1.29 is 49.0 Å². The van der Waals surface area contributed by atoms with E-state index in [2.05, 4.69) is 13.0 Å². The molecular weight excluding hydrogens is 291 g/mol. The Labute approximate surface area is 156 Å². The fourth-order valence-corrected chi connectivity index (χ4v) is 2.78. The van der Waals surface area contributed by atoms with Gasteiger partial charge in [-0.15, -0.1) is 0 Å². The van der Waals surface area contributed by atoms with Crippen LogP contribution < -0.4 is 34.7 Å². The average molecular weight is 318 g/mol. The summed E-state index contributed by atoms with van der Waals surface area (Å²) in [5, 5.41) is 11.0. The van der Waals surface area contributed by atoms with Crippen molar-refractivity contribution in [1.82, 2.24) is 0 Å². The van der Waals surface area contributed by atoms with E-state index < -0.39 is 17.8 Å². The molecule has 0 aromatic heterocycles. The van der Waals surface area contributed by atoms with Crippen molar-refractivity contribution in [1.29, 1.82) is 0 Å². The molecular formula is C17H27NaO4. The molecule has 0 radical (unpaired) electrons. The first kappa shape index (κ1) is 21.7. The fraction of sp³-hybridized carbons (Fsp3) is 0.765. The van der Waals surface area contributed by atoms with Gasteiger partial charge in [0.15, 0.2) is 0 Å². The summed E-state index contributed by atoms with van der Waals surface area (Å²) < 4.78 is 5.21. The van der Waals surface area contributed by atoms with Gasteiger partial charge in [0, 0.05) is 11.9 Å². The molecule has 0 aliphatic heterocycles. The van der Waals surface area contributed by atoms with Crippen LogP contribution in [0.2, 0.25) is 0 Å². The van der Waals surface area contributed by atoms with Crippen LogP contribution in [-0.2, 0) is 14.3 Å². The largest absolute Gasteiger partial charge is 1.00 e. The van der Waals surface area contributed by atoms with E-state index in [-0.39, 0.29) is 35.5 Å². The summed E-state index contributed by atoms with van der Waals surface area (Å²) >= 11 is 0. The maximum atomic E-state index is 11.9. The number of carbonyl (C=O) groups excluding carboxylic acids is 2. The summed E-state index contributed by atoms with van der Waals surface area (Å²) in [6.45, 7) is 2.51. The van der Waals surface area contributed by atoms with Gasteiger partial charge in [-0.05, 0) is 32.1 Å². The van der Waals surface area contributed by atoms with Crippen LogP contribution in [0.3, 0.4) is 0 Å². The van der Waals surface area contributed by atoms with Gasteiger partial charge in [-0.2, -0.15) is 0 Å². The van der Waals surface area contributed by atoms with E-state index in [0.29, 0.717) is 25.9 Å². The molecule has 2 unspecified atom stereocenters. The monoisotopic (exact) mass is 318 g/mol. The van der Waals surface area contributed by atoms with Gasteiger partial charge < -0.3 is 14.6 Å². The minimum Gasteiger partial charge on any atom is -0.550 e. The molecule has 1 aliphatic carbocycles. The molecule has 1 aliphatic rings. The number of rotatable bonds is 9. The molecule has 0 amide bonds. The predicted molar refractivity (Wildman–Crippen MR) is 79.3 cm³/mol. The van der Waals surface area contributed by atoms with Gasteiger partial charge in [0.25, 0.3) is 0 Å². The Balaban J connectivity index is 0.00000441. The number of ether oxygens (including phenoxy) is 1. The third-order valence-electron chi connectivity index (χ3n) is 4.04. The zero-order valence-electron chi connectivity index (χ0n) is 14.0. The zero-order valence-corrected chi connectivity index (χ0v) is 16.0. The number of carboxylic acids is 1. The number of esters is 1. The predicted octanol–water partition coefficient (Wildman–Crippen LogP) is -0.383. The van der Waals surface area contributed by atoms with E-state index in [4.69, 9.17) is 4.74 Å². The SMILES string of the molecule is CCCCC/C=C/CCOC(=O)C1CCCCC1C(=O)[O-].[Na+]. The summed E-state index contributed by atoms with van der Waals surface area (Å²) in [5.74, 6) is -2.68. The molecule has 0 aromatic rings.